The number of ketones is 1. The molecule has 4 rings (SSSR count). The highest BCUT2D eigenvalue weighted by atomic mass is 16.5. The molecule has 0 bridgehead atoms. The van der Waals surface area contributed by atoms with E-state index in [0.717, 1.165) is 35.5 Å². The average molecular weight is 450 g/mol. The van der Waals surface area contributed by atoms with Gasteiger partial charge in [0.15, 0.2) is 0 Å². The van der Waals surface area contributed by atoms with Crippen LogP contribution >= 0.6 is 0 Å². The van der Waals surface area contributed by atoms with Gasteiger partial charge in [-0.25, -0.2) is 0 Å². The predicted molar refractivity (Wildman–Crippen MR) is 126 cm³/mol. The largest absolute Gasteiger partial charge is 0.507 e. The first-order valence-electron chi connectivity index (χ1n) is 11.7. The summed E-state index contributed by atoms with van der Waals surface area (Å²) >= 11 is 0. The summed E-state index contributed by atoms with van der Waals surface area (Å²) < 4.78 is 11.4. The van der Waals surface area contributed by atoms with E-state index in [0.29, 0.717) is 37.7 Å². The number of benzene rings is 2. The number of nitrogens with zero attached hydrogens (tertiary/aromatic N) is 1. The fraction of sp³-hybridized carbons (Fsp3) is 0.407. The minimum atomic E-state index is -0.653. The van der Waals surface area contributed by atoms with Gasteiger partial charge in [0.05, 0.1) is 24.8 Å². The van der Waals surface area contributed by atoms with Crippen molar-refractivity contribution in [3.05, 3.63) is 64.7 Å². The van der Waals surface area contributed by atoms with E-state index in [1.807, 2.05) is 43.3 Å². The molecule has 0 spiro atoms. The van der Waals surface area contributed by atoms with Crippen LogP contribution in [0.2, 0.25) is 0 Å². The van der Waals surface area contributed by atoms with Crippen molar-refractivity contribution >= 4 is 17.4 Å². The van der Waals surface area contributed by atoms with Crippen molar-refractivity contribution in [3.63, 3.8) is 0 Å². The Hall–Kier alpha value is -3.28. The molecule has 1 amide bonds. The zero-order chi connectivity index (χ0) is 23.5. The summed E-state index contributed by atoms with van der Waals surface area (Å²) in [5.74, 6) is 0.561. The number of Topliss-reactive ketones (excluding diaryl/α,β-unsaturated/α-hetero) is 1. The summed E-state index contributed by atoms with van der Waals surface area (Å²) in [5, 5.41) is 11.2. The molecule has 1 N–H and O–H groups in total. The third-order valence-electron chi connectivity index (χ3n) is 5.97. The van der Waals surface area contributed by atoms with Gasteiger partial charge in [-0.05, 0) is 66.6 Å². The van der Waals surface area contributed by atoms with Crippen LogP contribution < -0.4 is 9.47 Å². The number of aliphatic hydroxyl groups excluding tert-OH is 1. The van der Waals surface area contributed by atoms with Gasteiger partial charge in [0, 0.05) is 12.1 Å². The minimum absolute atomic E-state index is 0.126. The quantitative estimate of drug-likeness (QED) is 0.370. The Labute approximate surface area is 194 Å². The minimum Gasteiger partial charge on any atom is -0.507 e. The van der Waals surface area contributed by atoms with Crippen LogP contribution in [-0.2, 0) is 16.0 Å². The monoisotopic (exact) mass is 449 g/mol. The molecule has 2 aliphatic heterocycles. The molecule has 0 aliphatic carbocycles. The summed E-state index contributed by atoms with van der Waals surface area (Å²) in [6.07, 6.45) is 2.46. The second-order valence-corrected chi connectivity index (χ2v) is 9.04. The Bertz CT molecular complexity index is 1070. The molecule has 174 valence electrons. The van der Waals surface area contributed by atoms with E-state index < -0.39 is 17.7 Å². The molecule has 1 fully saturated rings. The van der Waals surface area contributed by atoms with Gasteiger partial charge in [-0.15, -0.1) is 0 Å². The summed E-state index contributed by atoms with van der Waals surface area (Å²) in [6.45, 7) is 7.84. The number of aryl methyl sites for hydroxylation is 1. The molecular formula is C27H31NO5. The van der Waals surface area contributed by atoms with Crippen LogP contribution in [0.15, 0.2) is 48.0 Å². The van der Waals surface area contributed by atoms with E-state index in [1.54, 1.807) is 11.0 Å². The van der Waals surface area contributed by atoms with Crippen LogP contribution in [0, 0.1) is 5.92 Å². The van der Waals surface area contributed by atoms with Gasteiger partial charge < -0.3 is 19.5 Å². The highest BCUT2D eigenvalue weighted by molar-refractivity contribution is 6.46. The van der Waals surface area contributed by atoms with Crippen LogP contribution in [0.3, 0.4) is 0 Å². The van der Waals surface area contributed by atoms with Crippen LogP contribution in [0.5, 0.6) is 11.5 Å². The van der Waals surface area contributed by atoms with Crippen LogP contribution in [0.4, 0.5) is 0 Å². The number of amides is 1. The number of carbonyl (C=O) groups is 2. The van der Waals surface area contributed by atoms with Crippen molar-refractivity contribution in [1.29, 1.82) is 0 Å². The first-order valence-corrected chi connectivity index (χ1v) is 11.7. The van der Waals surface area contributed by atoms with Crippen LogP contribution in [0.25, 0.3) is 5.76 Å². The first-order chi connectivity index (χ1) is 15.9. The molecule has 2 aliphatic rings. The molecule has 0 aromatic heterocycles. The van der Waals surface area contributed by atoms with E-state index in [4.69, 9.17) is 9.47 Å². The SMILES string of the molecule is CCCN1C(=O)C(=O)/C(=C(\O)c2ccc3c(c2)CCCO3)C1c1ccc(OCC(C)C)cc1. The van der Waals surface area contributed by atoms with Crippen molar-refractivity contribution in [2.24, 2.45) is 5.92 Å². The van der Waals surface area contributed by atoms with Crippen molar-refractivity contribution in [2.75, 3.05) is 19.8 Å². The fourth-order valence-electron chi connectivity index (χ4n) is 4.37. The lowest BCUT2D eigenvalue weighted by molar-refractivity contribution is -0.139. The molecule has 2 aromatic carbocycles. The van der Waals surface area contributed by atoms with Crippen molar-refractivity contribution < 1.29 is 24.2 Å². The third-order valence-corrected chi connectivity index (χ3v) is 5.97. The highest BCUT2D eigenvalue weighted by Gasteiger charge is 2.45. The predicted octanol–water partition coefficient (Wildman–Crippen LogP) is 4.88. The van der Waals surface area contributed by atoms with E-state index in [9.17, 15) is 14.7 Å². The smallest absolute Gasteiger partial charge is 0.295 e. The number of aliphatic hydroxyl groups is 1. The number of hydrogen-bond donors (Lipinski definition) is 1. The second kappa shape index (κ2) is 9.69. The van der Waals surface area contributed by atoms with Gasteiger partial charge >= 0.3 is 0 Å². The molecule has 6 heteroatoms. The number of rotatable bonds is 7. The molecular weight excluding hydrogens is 418 g/mol. The van der Waals surface area contributed by atoms with Gasteiger partial charge in [-0.2, -0.15) is 0 Å². The first kappa shape index (κ1) is 22.9. The van der Waals surface area contributed by atoms with Crippen LogP contribution in [0.1, 0.15) is 56.3 Å². The standard InChI is InChI=1S/C27H31NO5/c1-4-13-28-24(18-7-10-21(11-8-18)33-16-17(2)3)23(26(30)27(28)31)25(29)20-9-12-22-19(15-20)6-5-14-32-22/h7-12,15,17,24,29H,4-6,13-14,16H2,1-3H3/b25-23-. The topological polar surface area (TPSA) is 76.1 Å². The average Bonchev–Trinajstić information content (AvgIpc) is 3.07. The maximum Gasteiger partial charge on any atom is 0.295 e. The van der Waals surface area contributed by atoms with Crippen LogP contribution in [-0.4, -0.2) is 41.5 Å². The Balaban J connectivity index is 1.74. The van der Waals surface area contributed by atoms with E-state index in [-0.39, 0.29) is 11.3 Å². The number of ether oxygens (including phenoxy) is 2. The van der Waals surface area contributed by atoms with Gasteiger partial charge in [-0.3, -0.25) is 9.59 Å². The summed E-state index contributed by atoms with van der Waals surface area (Å²) in [4.78, 5) is 27.5. The summed E-state index contributed by atoms with van der Waals surface area (Å²) in [6, 6.07) is 12.2. The van der Waals surface area contributed by atoms with Crippen molar-refractivity contribution in [1.82, 2.24) is 4.90 Å². The molecule has 6 nitrogen and oxygen atoms in total. The lowest BCUT2D eigenvalue weighted by Gasteiger charge is -2.25. The van der Waals surface area contributed by atoms with Crippen molar-refractivity contribution in [2.45, 2.75) is 46.1 Å². The second-order valence-electron chi connectivity index (χ2n) is 9.04. The summed E-state index contributed by atoms with van der Waals surface area (Å²) in [5.41, 5.74) is 2.41. The maximum absolute atomic E-state index is 13.1. The molecule has 0 radical (unpaired) electrons. The van der Waals surface area contributed by atoms with E-state index >= 15 is 0 Å². The Morgan fingerprint density at radius 1 is 1.18 bits per heavy atom. The number of fused-ring (bicyclic) bond motifs is 1. The van der Waals surface area contributed by atoms with Gasteiger partial charge in [0.25, 0.3) is 11.7 Å². The molecule has 2 aromatic rings. The Morgan fingerprint density at radius 2 is 1.94 bits per heavy atom. The lowest BCUT2D eigenvalue weighted by atomic mass is 9.94. The molecule has 2 heterocycles. The lowest BCUT2D eigenvalue weighted by Crippen LogP contribution is -2.30. The molecule has 1 unspecified atom stereocenters. The Kier molecular flexibility index (Phi) is 6.72. The van der Waals surface area contributed by atoms with Gasteiger partial charge in [-0.1, -0.05) is 32.9 Å². The molecule has 1 saturated heterocycles. The Morgan fingerprint density at radius 3 is 2.64 bits per heavy atom. The van der Waals surface area contributed by atoms with Gasteiger partial charge in [0.2, 0.25) is 0 Å². The zero-order valence-electron chi connectivity index (χ0n) is 19.5. The number of hydrogen-bond acceptors (Lipinski definition) is 5. The molecule has 0 saturated carbocycles. The summed E-state index contributed by atoms with van der Waals surface area (Å²) in [7, 11) is 0. The maximum atomic E-state index is 13.1. The number of likely N-dealkylation sites (tertiary alicyclic amines) is 1. The van der Waals surface area contributed by atoms with Gasteiger partial charge in [0.1, 0.15) is 17.3 Å². The molecule has 33 heavy (non-hydrogen) atoms. The van der Waals surface area contributed by atoms with E-state index in [1.165, 1.54) is 0 Å². The zero-order valence-corrected chi connectivity index (χ0v) is 19.5. The fourth-order valence-corrected chi connectivity index (χ4v) is 4.37. The molecule has 1 atom stereocenters. The van der Waals surface area contributed by atoms with E-state index in [2.05, 4.69) is 13.8 Å². The van der Waals surface area contributed by atoms with Crippen molar-refractivity contribution in [3.8, 4) is 11.5 Å². The third kappa shape index (κ3) is 4.61. The highest BCUT2D eigenvalue weighted by Crippen LogP contribution is 2.40. The normalized spacial score (nSPS) is 19.5. The number of carbonyl (C=O) groups excluding carboxylic acids is 2.